The quantitative estimate of drug-likeness (QED) is 0.601. The first-order chi connectivity index (χ1) is 7.82. The predicted octanol–water partition coefficient (Wildman–Crippen LogP) is -1.05. The summed E-state index contributed by atoms with van der Waals surface area (Å²) >= 11 is 0. The maximum atomic E-state index is 10.9. The third-order valence-electron chi connectivity index (χ3n) is 2.37. The number of ether oxygens (including phenoxy) is 3. The highest BCUT2D eigenvalue weighted by Gasteiger charge is 2.46. The van der Waals surface area contributed by atoms with Crippen LogP contribution in [0.15, 0.2) is 0 Å². The third-order valence-corrected chi connectivity index (χ3v) is 2.37. The second kappa shape index (κ2) is 5.44. The molecule has 0 saturated carbocycles. The normalized spacial score (nSPS) is 37.4. The smallest absolute Gasteiger partial charge is 0.303 e. The maximum Gasteiger partial charge on any atom is 0.303 e. The zero-order chi connectivity index (χ0) is 13.2. The second-order valence-electron chi connectivity index (χ2n) is 3.87. The predicted molar refractivity (Wildman–Crippen MR) is 53.7 cm³/mol. The fourth-order valence-electron chi connectivity index (χ4n) is 1.68. The summed E-state index contributed by atoms with van der Waals surface area (Å²) in [6.45, 7) is 3.89. The summed E-state index contributed by atoms with van der Waals surface area (Å²) in [4.78, 5) is 21.8. The number of carbonyl (C=O) groups is 2. The molecule has 1 aliphatic heterocycles. The monoisotopic (exact) mass is 248 g/mol. The van der Waals surface area contributed by atoms with Gasteiger partial charge < -0.3 is 24.4 Å². The van der Waals surface area contributed by atoms with Crippen LogP contribution >= 0.6 is 0 Å². The second-order valence-corrected chi connectivity index (χ2v) is 3.87. The van der Waals surface area contributed by atoms with E-state index in [1.165, 1.54) is 6.92 Å². The van der Waals surface area contributed by atoms with E-state index in [1.807, 2.05) is 0 Å². The Morgan fingerprint density at radius 3 is 2.00 bits per heavy atom. The van der Waals surface area contributed by atoms with Crippen molar-refractivity contribution in [2.75, 3.05) is 0 Å². The van der Waals surface area contributed by atoms with Gasteiger partial charge in [0.2, 0.25) is 0 Å². The average Bonchev–Trinajstić information content (AvgIpc) is 2.19. The molecule has 98 valence electrons. The molecule has 1 saturated heterocycles. The van der Waals surface area contributed by atoms with Gasteiger partial charge in [-0.2, -0.15) is 0 Å². The van der Waals surface area contributed by atoms with Crippen LogP contribution in [0.5, 0.6) is 0 Å². The number of hydrogen-bond acceptors (Lipinski definition) is 7. The molecule has 0 aromatic heterocycles. The van der Waals surface area contributed by atoms with Crippen LogP contribution in [0.4, 0.5) is 0 Å². The first-order valence-corrected chi connectivity index (χ1v) is 5.19. The molecule has 0 aliphatic carbocycles. The molecule has 1 heterocycles. The Labute approximate surface area is 98.3 Å². The van der Waals surface area contributed by atoms with Gasteiger partial charge in [0.05, 0.1) is 6.10 Å². The minimum atomic E-state index is -1.49. The van der Waals surface area contributed by atoms with Crippen molar-refractivity contribution >= 4 is 11.9 Å². The van der Waals surface area contributed by atoms with Gasteiger partial charge in [0.15, 0.2) is 18.5 Å². The van der Waals surface area contributed by atoms with Crippen LogP contribution in [0.1, 0.15) is 20.8 Å². The van der Waals surface area contributed by atoms with E-state index < -0.39 is 42.6 Å². The van der Waals surface area contributed by atoms with E-state index in [0.717, 1.165) is 6.92 Å². The number of aliphatic hydroxyl groups is 2. The molecule has 0 aromatic carbocycles. The molecular weight excluding hydrogens is 232 g/mol. The molecule has 0 aromatic rings. The Hall–Kier alpha value is -1.18. The van der Waals surface area contributed by atoms with Crippen molar-refractivity contribution in [3.05, 3.63) is 0 Å². The van der Waals surface area contributed by atoms with Gasteiger partial charge in [-0.25, -0.2) is 0 Å². The number of esters is 2. The summed E-state index contributed by atoms with van der Waals surface area (Å²) in [6, 6.07) is 0. The number of carbonyl (C=O) groups excluding carboxylic acids is 2. The number of hydrogen-bond donors (Lipinski definition) is 2. The minimum Gasteiger partial charge on any atom is -0.456 e. The molecule has 2 N–H and O–H groups in total. The molecule has 0 spiro atoms. The SMILES string of the molecule is CC(=O)O[C@@H]1[C@@H](O)[C@H](O)O[C@@H](C)[C@@H]1OC(C)=O. The Kier molecular flexibility index (Phi) is 4.44. The van der Waals surface area contributed by atoms with Crippen LogP contribution in [-0.2, 0) is 23.8 Å². The molecule has 1 aliphatic rings. The molecule has 0 bridgehead atoms. The van der Waals surface area contributed by atoms with E-state index in [1.54, 1.807) is 6.92 Å². The van der Waals surface area contributed by atoms with E-state index in [0.29, 0.717) is 0 Å². The minimum absolute atomic E-state index is 0.591. The van der Waals surface area contributed by atoms with Crippen LogP contribution in [0, 0.1) is 0 Å². The van der Waals surface area contributed by atoms with Gasteiger partial charge in [-0.1, -0.05) is 0 Å². The molecule has 0 unspecified atom stereocenters. The van der Waals surface area contributed by atoms with Crippen molar-refractivity contribution in [3.8, 4) is 0 Å². The van der Waals surface area contributed by atoms with Crippen LogP contribution in [0.25, 0.3) is 0 Å². The summed E-state index contributed by atoms with van der Waals surface area (Å²) in [5.41, 5.74) is 0. The summed E-state index contributed by atoms with van der Waals surface area (Å²) in [5, 5.41) is 19.0. The van der Waals surface area contributed by atoms with Crippen molar-refractivity contribution in [2.45, 2.75) is 51.5 Å². The van der Waals surface area contributed by atoms with E-state index in [2.05, 4.69) is 0 Å². The lowest BCUT2D eigenvalue weighted by atomic mass is 9.99. The fourth-order valence-corrected chi connectivity index (χ4v) is 1.68. The lowest BCUT2D eigenvalue weighted by Gasteiger charge is -2.40. The van der Waals surface area contributed by atoms with Gasteiger partial charge in [-0.15, -0.1) is 0 Å². The van der Waals surface area contributed by atoms with Crippen LogP contribution in [-0.4, -0.2) is 52.9 Å². The van der Waals surface area contributed by atoms with Crippen LogP contribution in [0.3, 0.4) is 0 Å². The van der Waals surface area contributed by atoms with Crippen molar-refractivity contribution in [2.24, 2.45) is 0 Å². The molecule has 0 amide bonds. The Balaban J connectivity index is 2.86. The molecule has 0 radical (unpaired) electrons. The van der Waals surface area contributed by atoms with E-state index in [4.69, 9.17) is 14.2 Å². The number of aliphatic hydroxyl groups excluding tert-OH is 2. The summed E-state index contributed by atoms with van der Waals surface area (Å²) in [6.07, 6.45) is -5.73. The summed E-state index contributed by atoms with van der Waals surface area (Å²) in [5.74, 6) is -1.24. The molecule has 7 heteroatoms. The van der Waals surface area contributed by atoms with Gasteiger partial charge in [0.25, 0.3) is 0 Å². The highest BCUT2D eigenvalue weighted by atomic mass is 16.7. The molecule has 7 nitrogen and oxygen atoms in total. The standard InChI is InChI=1S/C10H16O7/c1-4-8(16-5(2)11)9(17-6(3)12)7(13)10(14)15-4/h4,7-10,13-14H,1-3H3/t4-,7+,8-,9+,10+/m0/s1. The lowest BCUT2D eigenvalue weighted by Crippen LogP contribution is -2.59. The van der Waals surface area contributed by atoms with Crippen LogP contribution < -0.4 is 0 Å². The van der Waals surface area contributed by atoms with E-state index >= 15 is 0 Å². The topological polar surface area (TPSA) is 102 Å². The third kappa shape index (κ3) is 3.39. The first kappa shape index (κ1) is 13.9. The van der Waals surface area contributed by atoms with Gasteiger partial charge in [0, 0.05) is 13.8 Å². The summed E-state index contributed by atoms with van der Waals surface area (Å²) < 4.78 is 14.7. The van der Waals surface area contributed by atoms with E-state index in [-0.39, 0.29) is 0 Å². The zero-order valence-electron chi connectivity index (χ0n) is 9.82. The molecule has 5 atom stereocenters. The number of rotatable bonds is 2. The Bertz CT molecular complexity index is 303. The van der Waals surface area contributed by atoms with E-state index in [9.17, 15) is 19.8 Å². The van der Waals surface area contributed by atoms with Gasteiger partial charge in [0.1, 0.15) is 6.10 Å². The van der Waals surface area contributed by atoms with Crippen molar-refractivity contribution in [3.63, 3.8) is 0 Å². The Morgan fingerprint density at radius 2 is 1.53 bits per heavy atom. The average molecular weight is 248 g/mol. The highest BCUT2D eigenvalue weighted by molar-refractivity contribution is 5.67. The van der Waals surface area contributed by atoms with Crippen molar-refractivity contribution < 1.29 is 34.0 Å². The Morgan fingerprint density at radius 1 is 1.06 bits per heavy atom. The highest BCUT2D eigenvalue weighted by Crippen LogP contribution is 2.24. The first-order valence-electron chi connectivity index (χ1n) is 5.19. The lowest BCUT2D eigenvalue weighted by molar-refractivity contribution is -0.284. The summed E-state index contributed by atoms with van der Waals surface area (Å²) in [7, 11) is 0. The van der Waals surface area contributed by atoms with Crippen LogP contribution in [0.2, 0.25) is 0 Å². The molecule has 17 heavy (non-hydrogen) atoms. The fraction of sp³-hybridized carbons (Fsp3) is 0.800. The van der Waals surface area contributed by atoms with Gasteiger partial charge in [-0.05, 0) is 6.92 Å². The molecular formula is C10H16O7. The zero-order valence-corrected chi connectivity index (χ0v) is 9.82. The largest absolute Gasteiger partial charge is 0.456 e. The van der Waals surface area contributed by atoms with Crippen molar-refractivity contribution in [1.29, 1.82) is 0 Å². The maximum absolute atomic E-state index is 10.9. The molecule has 1 rings (SSSR count). The molecule has 1 fully saturated rings. The van der Waals surface area contributed by atoms with Gasteiger partial charge >= 0.3 is 11.9 Å². The van der Waals surface area contributed by atoms with Crippen molar-refractivity contribution in [1.82, 2.24) is 0 Å². The van der Waals surface area contributed by atoms with Gasteiger partial charge in [-0.3, -0.25) is 9.59 Å².